The van der Waals surface area contributed by atoms with E-state index in [1.807, 2.05) is 20.8 Å². The number of halogens is 1. The Morgan fingerprint density at radius 2 is 1.83 bits per heavy atom. The number of nitrogens with zero attached hydrogens (tertiary/aromatic N) is 1. The van der Waals surface area contributed by atoms with Crippen LogP contribution < -0.4 is 0 Å². The van der Waals surface area contributed by atoms with Crippen LogP contribution in [0.25, 0.3) is 0 Å². The minimum Gasteiger partial charge on any atom is -0.387 e. The van der Waals surface area contributed by atoms with Crippen LogP contribution >= 0.6 is 0 Å². The monoisotopic (exact) mass is 253 g/mol. The maximum absolute atomic E-state index is 12.8. The molecule has 0 heterocycles. The molecule has 1 unspecified atom stereocenters. The normalized spacial score (nSPS) is 13.2. The Kier molecular flexibility index (Phi) is 4.46. The minimum absolute atomic E-state index is 0.0383. The number of aliphatic hydroxyl groups is 1. The number of benzene rings is 1. The van der Waals surface area contributed by atoms with Gasteiger partial charge in [0.1, 0.15) is 5.82 Å². The summed E-state index contributed by atoms with van der Waals surface area (Å²) in [4.78, 5) is 13.4. The average Bonchev–Trinajstić information content (AvgIpc) is 2.27. The molecular weight excluding hydrogens is 233 g/mol. The van der Waals surface area contributed by atoms with Crippen LogP contribution in [-0.2, 0) is 4.79 Å². The topological polar surface area (TPSA) is 40.5 Å². The Balaban J connectivity index is 2.68. The first-order chi connectivity index (χ1) is 8.21. The van der Waals surface area contributed by atoms with Crippen LogP contribution in [0, 0.1) is 11.2 Å². The third kappa shape index (κ3) is 3.81. The smallest absolute Gasteiger partial charge is 0.227 e. The van der Waals surface area contributed by atoms with Gasteiger partial charge in [-0.3, -0.25) is 4.79 Å². The average molecular weight is 253 g/mol. The summed E-state index contributed by atoms with van der Waals surface area (Å²) in [6, 6.07) is 5.64. The summed E-state index contributed by atoms with van der Waals surface area (Å²) in [5, 5.41) is 9.98. The largest absolute Gasteiger partial charge is 0.387 e. The zero-order chi connectivity index (χ0) is 13.9. The van der Waals surface area contributed by atoms with Crippen molar-refractivity contribution in [1.29, 1.82) is 0 Å². The fraction of sp³-hybridized carbons (Fsp3) is 0.500. The summed E-state index contributed by atoms with van der Waals surface area (Å²) in [7, 11) is 1.65. The quantitative estimate of drug-likeness (QED) is 0.898. The van der Waals surface area contributed by atoms with Crippen molar-refractivity contribution in [2.24, 2.45) is 5.41 Å². The molecule has 0 spiro atoms. The van der Waals surface area contributed by atoms with Crippen LogP contribution in [0.4, 0.5) is 4.39 Å². The van der Waals surface area contributed by atoms with Crippen molar-refractivity contribution in [3.63, 3.8) is 0 Å². The molecule has 0 aliphatic carbocycles. The summed E-state index contributed by atoms with van der Waals surface area (Å²) < 4.78 is 12.8. The van der Waals surface area contributed by atoms with Gasteiger partial charge in [0.05, 0.1) is 12.6 Å². The Bertz CT molecular complexity index is 409. The van der Waals surface area contributed by atoms with E-state index in [4.69, 9.17) is 0 Å². The molecule has 0 bridgehead atoms. The van der Waals surface area contributed by atoms with E-state index in [9.17, 15) is 14.3 Å². The highest BCUT2D eigenvalue weighted by Crippen LogP contribution is 2.19. The number of carbonyl (C=O) groups is 1. The van der Waals surface area contributed by atoms with Crippen LogP contribution in [0.1, 0.15) is 32.4 Å². The van der Waals surface area contributed by atoms with Gasteiger partial charge in [0, 0.05) is 12.5 Å². The van der Waals surface area contributed by atoms with Crippen LogP contribution in [0.5, 0.6) is 0 Å². The van der Waals surface area contributed by atoms with Gasteiger partial charge in [0.2, 0.25) is 5.91 Å². The molecule has 1 aromatic rings. The van der Waals surface area contributed by atoms with Crippen molar-refractivity contribution < 1.29 is 14.3 Å². The van der Waals surface area contributed by atoms with E-state index in [1.54, 1.807) is 7.05 Å². The summed E-state index contributed by atoms with van der Waals surface area (Å²) in [5.74, 6) is -0.381. The van der Waals surface area contributed by atoms with Gasteiger partial charge in [0.25, 0.3) is 0 Å². The molecule has 1 rings (SSSR count). The van der Waals surface area contributed by atoms with Gasteiger partial charge in [-0.2, -0.15) is 0 Å². The number of hydrogen-bond acceptors (Lipinski definition) is 2. The zero-order valence-corrected chi connectivity index (χ0v) is 11.3. The summed E-state index contributed by atoms with van der Waals surface area (Å²) >= 11 is 0. The lowest BCUT2D eigenvalue weighted by atomic mass is 9.94. The maximum Gasteiger partial charge on any atom is 0.227 e. The van der Waals surface area contributed by atoms with Gasteiger partial charge in [-0.25, -0.2) is 4.39 Å². The van der Waals surface area contributed by atoms with E-state index >= 15 is 0 Å². The molecule has 0 aliphatic heterocycles. The summed E-state index contributed by atoms with van der Waals surface area (Å²) in [6.45, 7) is 5.68. The molecule has 1 atom stereocenters. The first-order valence-electron chi connectivity index (χ1n) is 5.91. The fourth-order valence-electron chi connectivity index (χ4n) is 1.71. The number of carbonyl (C=O) groups excluding carboxylic acids is 1. The Morgan fingerprint density at radius 3 is 2.28 bits per heavy atom. The molecule has 18 heavy (non-hydrogen) atoms. The van der Waals surface area contributed by atoms with Crippen molar-refractivity contribution in [2.45, 2.75) is 26.9 Å². The SMILES string of the molecule is CN(CC(O)c1ccc(F)cc1)C(=O)C(C)(C)C. The second-order valence-electron chi connectivity index (χ2n) is 5.50. The van der Waals surface area contributed by atoms with Gasteiger partial charge in [0.15, 0.2) is 0 Å². The molecule has 3 nitrogen and oxygen atoms in total. The first-order valence-corrected chi connectivity index (χ1v) is 5.91. The first kappa shape index (κ1) is 14.6. The second kappa shape index (κ2) is 5.48. The molecule has 100 valence electrons. The summed E-state index contributed by atoms with van der Waals surface area (Å²) in [6.07, 6.45) is -0.804. The van der Waals surface area contributed by atoms with Crippen molar-refractivity contribution in [3.05, 3.63) is 35.6 Å². The number of aliphatic hydroxyl groups excluding tert-OH is 1. The van der Waals surface area contributed by atoms with E-state index < -0.39 is 11.5 Å². The van der Waals surface area contributed by atoms with Gasteiger partial charge in [-0.1, -0.05) is 32.9 Å². The molecule has 0 aliphatic rings. The lowest BCUT2D eigenvalue weighted by Crippen LogP contribution is -2.38. The predicted octanol–water partition coefficient (Wildman–Crippen LogP) is 2.36. The van der Waals surface area contributed by atoms with E-state index in [1.165, 1.54) is 29.2 Å². The predicted molar refractivity (Wildman–Crippen MR) is 68.5 cm³/mol. The Morgan fingerprint density at radius 1 is 1.33 bits per heavy atom. The maximum atomic E-state index is 12.8. The molecule has 0 aromatic heterocycles. The molecule has 0 saturated heterocycles. The lowest BCUT2D eigenvalue weighted by molar-refractivity contribution is -0.139. The molecule has 1 aromatic carbocycles. The van der Waals surface area contributed by atoms with Gasteiger partial charge in [-0.15, -0.1) is 0 Å². The minimum atomic E-state index is -0.804. The summed E-state index contributed by atoms with van der Waals surface area (Å²) in [5.41, 5.74) is 0.127. The third-order valence-electron chi connectivity index (χ3n) is 2.69. The second-order valence-corrected chi connectivity index (χ2v) is 5.50. The van der Waals surface area contributed by atoms with E-state index in [0.29, 0.717) is 5.56 Å². The van der Waals surface area contributed by atoms with E-state index in [-0.39, 0.29) is 18.3 Å². The Hall–Kier alpha value is -1.42. The fourth-order valence-corrected chi connectivity index (χ4v) is 1.71. The van der Waals surface area contributed by atoms with Crippen molar-refractivity contribution in [3.8, 4) is 0 Å². The Labute approximate surface area is 107 Å². The highest BCUT2D eigenvalue weighted by Gasteiger charge is 2.26. The van der Waals surface area contributed by atoms with Crippen molar-refractivity contribution in [1.82, 2.24) is 4.90 Å². The van der Waals surface area contributed by atoms with Crippen LogP contribution in [-0.4, -0.2) is 29.5 Å². The molecule has 0 radical (unpaired) electrons. The van der Waals surface area contributed by atoms with E-state index in [2.05, 4.69) is 0 Å². The molecule has 4 heteroatoms. The van der Waals surface area contributed by atoms with E-state index in [0.717, 1.165) is 0 Å². The van der Waals surface area contributed by atoms with Crippen molar-refractivity contribution in [2.75, 3.05) is 13.6 Å². The number of likely N-dealkylation sites (N-methyl/N-ethyl adjacent to an activating group) is 1. The highest BCUT2D eigenvalue weighted by atomic mass is 19.1. The van der Waals surface area contributed by atoms with Crippen LogP contribution in [0.2, 0.25) is 0 Å². The number of rotatable bonds is 3. The molecule has 0 fully saturated rings. The third-order valence-corrected chi connectivity index (χ3v) is 2.69. The lowest BCUT2D eigenvalue weighted by Gasteiger charge is -2.27. The van der Waals surface area contributed by atoms with Gasteiger partial charge >= 0.3 is 0 Å². The number of amides is 1. The highest BCUT2D eigenvalue weighted by molar-refractivity contribution is 5.81. The van der Waals surface area contributed by atoms with Gasteiger partial charge < -0.3 is 10.0 Å². The standard InChI is InChI=1S/C14H20FNO2/c1-14(2,3)13(18)16(4)9-12(17)10-5-7-11(15)8-6-10/h5-8,12,17H,9H2,1-4H3. The number of hydrogen-bond donors (Lipinski definition) is 1. The molecule has 0 saturated carbocycles. The molecule has 1 amide bonds. The molecular formula is C14H20FNO2. The van der Waals surface area contributed by atoms with Gasteiger partial charge in [-0.05, 0) is 17.7 Å². The van der Waals surface area contributed by atoms with Crippen LogP contribution in [0.3, 0.4) is 0 Å². The van der Waals surface area contributed by atoms with Crippen molar-refractivity contribution >= 4 is 5.91 Å². The van der Waals surface area contributed by atoms with Crippen LogP contribution in [0.15, 0.2) is 24.3 Å². The zero-order valence-electron chi connectivity index (χ0n) is 11.3. The molecule has 1 N–H and O–H groups in total.